The van der Waals surface area contributed by atoms with Gasteiger partial charge in [-0.1, -0.05) is 6.42 Å². The van der Waals surface area contributed by atoms with Crippen LogP contribution in [-0.2, 0) is 9.47 Å². The number of hydrogen-bond acceptors (Lipinski definition) is 3. The molecule has 3 atom stereocenters. The molecule has 3 unspecified atom stereocenters. The van der Waals surface area contributed by atoms with Gasteiger partial charge in [-0.3, -0.25) is 0 Å². The van der Waals surface area contributed by atoms with Crippen LogP contribution < -0.4 is 5.32 Å². The summed E-state index contributed by atoms with van der Waals surface area (Å²) in [6.45, 7) is 3.19. The minimum Gasteiger partial charge on any atom is -0.378 e. The second-order valence-electron chi connectivity index (χ2n) is 7.92. The average molecular weight is 293 g/mol. The molecule has 3 nitrogen and oxygen atoms in total. The smallest absolute Gasteiger partial charge is 0.0672 e. The molecule has 1 N–H and O–H groups in total. The first-order valence-electron chi connectivity index (χ1n) is 9.32. The van der Waals surface area contributed by atoms with Crippen molar-refractivity contribution < 1.29 is 9.47 Å². The van der Waals surface area contributed by atoms with Crippen molar-refractivity contribution in [2.24, 2.45) is 11.3 Å². The first-order valence-corrected chi connectivity index (χ1v) is 9.32. The fourth-order valence-electron chi connectivity index (χ4n) is 4.48. The quantitative estimate of drug-likeness (QED) is 0.745. The Balaban J connectivity index is 1.33. The highest BCUT2D eigenvalue weighted by Crippen LogP contribution is 2.50. The fourth-order valence-corrected chi connectivity index (χ4v) is 4.48. The van der Waals surface area contributed by atoms with Crippen LogP contribution >= 0.6 is 0 Å². The van der Waals surface area contributed by atoms with E-state index in [0.717, 1.165) is 25.2 Å². The van der Waals surface area contributed by atoms with E-state index in [-0.39, 0.29) is 0 Å². The molecule has 0 aromatic heterocycles. The molecular formula is C18H31NO2. The molecule has 4 fully saturated rings. The first kappa shape index (κ1) is 14.5. The van der Waals surface area contributed by atoms with Crippen LogP contribution in [-0.4, -0.2) is 38.0 Å². The molecule has 0 bridgehead atoms. The molecular weight excluding hydrogens is 262 g/mol. The Morgan fingerprint density at radius 1 is 1.00 bits per heavy atom. The molecule has 3 heteroatoms. The Bertz CT molecular complexity index is 347. The Kier molecular flexibility index (Phi) is 4.25. The SMILES string of the molecule is C1COC(CCCC2(CNC3CC3)CCOC2C2CC2)C1. The van der Waals surface area contributed by atoms with Crippen molar-refractivity contribution in [1.82, 2.24) is 5.32 Å². The second-order valence-corrected chi connectivity index (χ2v) is 7.92. The van der Waals surface area contributed by atoms with Gasteiger partial charge in [0.15, 0.2) is 0 Å². The third kappa shape index (κ3) is 3.46. The molecule has 120 valence electrons. The summed E-state index contributed by atoms with van der Waals surface area (Å²) in [5, 5.41) is 3.82. The summed E-state index contributed by atoms with van der Waals surface area (Å²) in [5.74, 6) is 0.872. The van der Waals surface area contributed by atoms with Crippen molar-refractivity contribution in [3.05, 3.63) is 0 Å². The van der Waals surface area contributed by atoms with Gasteiger partial charge < -0.3 is 14.8 Å². The molecule has 0 spiro atoms. The van der Waals surface area contributed by atoms with Crippen molar-refractivity contribution in [3.63, 3.8) is 0 Å². The molecule has 2 heterocycles. The lowest BCUT2D eigenvalue weighted by molar-refractivity contribution is 0.0223. The van der Waals surface area contributed by atoms with Crippen LogP contribution in [0.15, 0.2) is 0 Å². The maximum Gasteiger partial charge on any atom is 0.0672 e. The fraction of sp³-hybridized carbons (Fsp3) is 1.00. The van der Waals surface area contributed by atoms with Gasteiger partial charge in [-0.25, -0.2) is 0 Å². The monoisotopic (exact) mass is 293 g/mol. The molecule has 0 amide bonds. The van der Waals surface area contributed by atoms with E-state index in [0.29, 0.717) is 17.6 Å². The topological polar surface area (TPSA) is 30.5 Å². The zero-order chi connectivity index (χ0) is 14.1. The summed E-state index contributed by atoms with van der Waals surface area (Å²) in [6, 6.07) is 0.820. The molecule has 2 aliphatic heterocycles. The van der Waals surface area contributed by atoms with Gasteiger partial charge in [0, 0.05) is 31.2 Å². The van der Waals surface area contributed by atoms with Gasteiger partial charge in [0.05, 0.1) is 12.2 Å². The Morgan fingerprint density at radius 3 is 2.62 bits per heavy atom. The van der Waals surface area contributed by atoms with Gasteiger partial charge in [-0.2, -0.15) is 0 Å². The molecule has 4 aliphatic rings. The van der Waals surface area contributed by atoms with E-state index in [4.69, 9.17) is 9.47 Å². The summed E-state index contributed by atoms with van der Waals surface area (Å²) < 4.78 is 12.0. The molecule has 4 rings (SSSR count). The predicted octanol–water partition coefficient (Wildman–Crippen LogP) is 3.27. The van der Waals surface area contributed by atoms with Crippen molar-refractivity contribution in [3.8, 4) is 0 Å². The van der Waals surface area contributed by atoms with Crippen molar-refractivity contribution in [2.45, 2.75) is 82.5 Å². The van der Waals surface area contributed by atoms with Gasteiger partial charge in [-0.05, 0) is 63.7 Å². The molecule has 0 radical (unpaired) electrons. The van der Waals surface area contributed by atoms with Crippen molar-refractivity contribution in [2.75, 3.05) is 19.8 Å². The Morgan fingerprint density at radius 2 is 1.90 bits per heavy atom. The third-order valence-electron chi connectivity index (χ3n) is 6.10. The second kappa shape index (κ2) is 6.17. The van der Waals surface area contributed by atoms with Crippen LogP contribution in [0.1, 0.15) is 64.2 Å². The van der Waals surface area contributed by atoms with E-state index < -0.39 is 0 Å². The van der Waals surface area contributed by atoms with Crippen LogP contribution in [0.2, 0.25) is 0 Å². The molecule has 2 saturated carbocycles. The third-order valence-corrected chi connectivity index (χ3v) is 6.10. The van der Waals surface area contributed by atoms with Crippen LogP contribution in [0.5, 0.6) is 0 Å². The van der Waals surface area contributed by atoms with Crippen LogP contribution in [0.3, 0.4) is 0 Å². The summed E-state index contributed by atoms with van der Waals surface area (Å²) in [5.41, 5.74) is 0.433. The molecule has 0 aromatic rings. The van der Waals surface area contributed by atoms with E-state index >= 15 is 0 Å². The van der Waals surface area contributed by atoms with Crippen molar-refractivity contribution in [1.29, 1.82) is 0 Å². The normalized spacial score (nSPS) is 40.0. The minimum atomic E-state index is 0.433. The maximum absolute atomic E-state index is 6.20. The largest absolute Gasteiger partial charge is 0.378 e. The van der Waals surface area contributed by atoms with Crippen LogP contribution in [0.25, 0.3) is 0 Å². The highest BCUT2D eigenvalue weighted by Gasteiger charge is 2.50. The maximum atomic E-state index is 6.20. The van der Waals surface area contributed by atoms with Gasteiger partial charge in [0.2, 0.25) is 0 Å². The van der Waals surface area contributed by atoms with Crippen molar-refractivity contribution >= 4 is 0 Å². The predicted molar refractivity (Wildman–Crippen MR) is 83.4 cm³/mol. The number of ether oxygens (including phenoxy) is 2. The average Bonchev–Trinajstić information content (AvgIpc) is 3.42. The lowest BCUT2D eigenvalue weighted by Gasteiger charge is -2.35. The van der Waals surface area contributed by atoms with E-state index in [1.807, 2.05) is 0 Å². The minimum absolute atomic E-state index is 0.433. The van der Waals surface area contributed by atoms with E-state index in [9.17, 15) is 0 Å². The van der Waals surface area contributed by atoms with E-state index in [1.165, 1.54) is 70.8 Å². The van der Waals surface area contributed by atoms with Gasteiger partial charge >= 0.3 is 0 Å². The Hall–Kier alpha value is -0.120. The van der Waals surface area contributed by atoms with Gasteiger partial charge in [0.1, 0.15) is 0 Å². The highest BCUT2D eigenvalue weighted by atomic mass is 16.5. The highest BCUT2D eigenvalue weighted by molar-refractivity contribution is 5.01. The Labute approximate surface area is 129 Å². The number of rotatable bonds is 8. The van der Waals surface area contributed by atoms with Gasteiger partial charge in [0.25, 0.3) is 0 Å². The van der Waals surface area contributed by atoms with Gasteiger partial charge in [-0.15, -0.1) is 0 Å². The number of nitrogens with one attached hydrogen (secondary N) is 1. The molecule has 2 saturated heterocycles. The zero-order valence-electron chi connectivity index (χ0n) is 13.3. The molecule has 21 heavy (non-hydrogen) atoms. The van der Waals surface area contributed by atoms with E-state index in [2.05, 4.69) is 5.32 Å². The van der Waals surface area contributed by atoms with E-state index in [1.54, 1.807) is 0 Å². The molecule has 2 aliphatic carbocycles. The van der Waals surface area contributed by atoms with Crippen LogP contribution in [0, 0.1) is 11.3 Å². The zero-order valence-corrected chi connectivity index (χ0v) is 13.3. The summed E-state index contributed by atoms with van der Waals surface area (Å²) in [7, 11) is 0. The van der Waals surface area contributed by atoms with Crippen LogP contribution in [0.4, 0.5) is 0 Å². The first-order chi connectivity index (χ1) is 10.4. The lowest BCUT2D eigenvalue weighted by Crippen LogP contribution is -2.42. The lowest BCUT2D eigenvalue weighted by atomic mass is 9.74. The summed E-state index contributed by atoms with van der Waals surface area (Å²) in [6.07, 6.45) is 14.5. The summed E-state index contributed by atoms with van der Waals surface area (Å²) >= 11 is 0. The number of hydrogen-bond donors (Lipinski definition) is 1. The molecule has 0 aromatic carbocycles. The summed E-state index contributed by atoms with van der Waals surface area (Å²) in [4.78, 5) is 0. The standard InChI is InChI=1S/C18H31NO2/c1(3-16-4-2-11-20-16)9-18(13-19-15-7-8-15)10-12-21-17(18)14-5-6-14/h14-17,19H,1-13H2.